The SMILES string of the molecule is C[C@@H](CN)NC(=O)COc1ccc(F)cc1F. The average Bonchev–Trinajstić information content (AvgIpc) is 2.27. The van der Waals surface area contributed by atoms with Crippen LogP contribution in [0.3, 0.4) is 0 Å². The number of halogens is 2. The van der Waals surface area contributed by atoms with Crippen molar-refractivity contribution >= 4 is 5.91 Å². The second kappa shape index (κ2) is 6.15. The van der Waals surface area contributed by atoms with Gasteiger partial charge in [-0.3, -0.25) is 4.79 Å². The summed E-state index contributed by atoms with van der Waals surface area (Å²) in [6, 6.07) is 2.70. The number of ether oxygens (including phenoxy) is 1. The van der Waals surface area contributed by atoms with Crippen molar-refractivity contribution in [2.45, 2.75) is 13.0 Å². The van der Waals surface area contributed by atoms with Gasteiger partial charge in [0.05, 0.1) is 0 Å². The molecule has 6 heteroatoms. The molecule has 0 aliphatic carbocycles. The Morgan fingerprint density at radius 1 is 1.53 bits per heavy atom. The van der Waals surface area contributed by atoms with Gasteiger partial charge in [0.15, 0.2) is 18.2 Å². The standard InChI is InChI=1S/C11H14F2N2O2/c1-7(5-14)15-11(16)6-17-10-3-2-8(12)4-9(10)13/h2-4,7H,5-6,14H2,1H3,(H,15,16)/t7-/m0/s1. The summed E-state index contributed by atoms with van der Waals surface area (Å²) in [7, 11) is 0. The zero-order chi connectivity index (χ0) is 12.8. The van der Waals surface area contributed by atoms with Crippen LogP contribution in [0.25, 0.3) is 0 Å². The van der Waals surface area contributed by atoms with Crippen molar-refractivity contribution in [2.75, 3.05) is 13.2 Å². The van der Waals surface area contributed by atoms with E-state index in [4.69, 9.17) is 10.5 Å². The van der Waals surface area contributed by atoms with Gasteiger partial charge in [0.1, 0.15) is 5.82 Å². The third kappa shape index (κ3) is 4.36. The summed E-state index contributed by atoms with van der Waals surface area (Å²) >= 11 is 0. The van der Waals surface area contributed by atoms with Gasteiger partial charge in [-0.2, -0.15) is 0 Å². The second-order valence-corrected chi connectivity index (χ2v) is 3.57. The molecule has 1 aromatic rings. The van der Waals surface area contributed by atoms with Gasteiger partial charge in [-0.05, 0) is 19.1 Å². The fraction of sp³-hybridized carbons (Fsp3) is 0.364. The van der Waals surface area contributed by atoms with Crippen molar-refractivity contribution < 1.29 is 18.3 Å². The first-order valence-corrected chi connectivity index (χ1v) is 5.10. The molecule has 94 valence electrons. The summed E-state index contributed by atoms with van der Waals surface area (Å²) in [5, 5.41) is 2.55. The highest BCUT2D eigenvalue weighted by molar-refractivity contribution is 5.77. The third-order valence-electron chi connectivity index (χ3n) is 2.01. The lowest BCUT2D eigenvalue weighted by Crippen LogP contribution is -2.40. The molecule has 0 aliphatic rings. The molecule has 0 saturated carbocycles. The molecule has 1 aromatic carbocycles. The fourth-order valence-electron chi connectivity index (χ4n) is 1.11. The molecule has 0 spiro atoms. The minimum Gasteiger partial charge on any atom is -0.481 e. The monoisotopic (exact) mass is 244 g/mol. The Kier molecular flexibility index (Phi) is 4.84. The van der Waals surface area contributed by atoms with Crippen LogP contribution in [-0.4, -0.2) is 25.1 Å². The van der Waals surface area contributed by atoms with E-state index in [0.717, 1.165) is 12.1 Å². The lowest BCUT2D eigenvalue weighted by atomic mass is 10.3. The maximum absolute atomic E-state index is 13.1. The highest BCUT2D eigenvalue weighted by Gasteiger charge is 2.09. The lowest BCUT2D eigenvalue weighted by molar-refractivity contribution is -0.123. The van der Waals surface area contributed by atoms with E-state index >= 15 is 0 Å². The van der Waals surface area contributed by atoms with Gasteiger partial charge in [0.25, 0.3) is 5.91 Å². The van der Waals surface area contributed by atoms with Crippen molar-refractivity contribution in [3.63, 3.8) is 0 Å². The van der Waals surface area contributed by atoms with E-state index in [9.17, 15) is 13.6 Å². The minimum atomic E-state index is -0.843. The Morgan fingerprint density at radius 3 is 2.82 bits per heavy atom. The Balaban J connectivity index is 2.47. The molecule has 17 heavy (non-hydrogen) atoms. The van der Waals surface area contributed by atoms with Crippen molar-refractivity contribution in [2.24, 2.45) is 5.73 Å². The van der Waals surface area contributed by atoms with Gasteiger partial charge < -0.3 is 15.8 Å². The van der Waals surface area contributed by atoms with Crippen LogP contribution >= 0.6 is 0 Å². The van der Waals surface area contributed by atoms with Crippen LogP contribution in [0.2, 0.25) is 0 Å². The van der Waals surface area contributed by atoms with E-state index in [2.05, 4.69) is 5.32 Å². The van der Waals surface area contributed by atoms with Crippen LogP contribution in [0.5, 0.6) is 5.75 Å². The predicted octanol–water partition coefficient (Wildman–Crippen LogP) is 0.807. The first-order valence-electron chi connectivity index (χ1n) is 5.10. The molecular weight excluding hydrogens is 230 g/mol. The van der Waals surface area contributed by atoms with Gasteiger partial charge >= 0.3 is 0 Å². The number of hydrogen-bond donors (Lipinski definition) is 2. The molecule has 0 unspecified atom stereocenters. The van der Waals surface area contributed by atoms with Crippen LogP contribution in [0.15, 0.2) is 18.2 Å². The van der Waals surface area contributed by atoms with E-state index < -0.39 is 17.5 Å². The van der Waals surface area contributed by atoms with Gasteiger partial charge in [-0.25, -0.2) is 8.78 Å². The van der Waals surface area contributed by atoms with Crippen molar-refractivity contribution in [1.29, 1.82) is 0 Å². The summed E-state index contributed by atoms with van der Waals surface area (Å²) in [6.45, 7) is 1.69. The van der Waals surface area contributed by atoms with Gasteiger partial charge in [0, 0.05) is 18.7 Å². The molecule has 1 rings (SSSR count). The number of nitrogens with one attached hydrogen (secondary N) is 1. The molecule has 1 amide bonds. The van der Waals surface area contributed by atoms with Gasteiger partial charge in [-0.15, -0.1) is 0 Å². The van der Waals surface area contributed by atoms with E-state index in [1.54, 1.807) is 6.92 Å². The molecule has 0 radical (unpaired) electrons. The molecule has 0 fully saturated rings. The van der Waals surface area contributed by atoms with E-state index in [0.29, 0.717) is 12.6 Å². The van der Waals surface area contributed by atoms with Crippen molar-refractivity contribution in [3.05, 3.63) is 29.8 Å². The molecule has 0 bridgehead atoms. The number of benzene rings is 1. The smallest absolute Gasteiger partial charge is 0.258 e. The molecule has 0 aromatic heterocycles. The van der Waals surface area contributed by atoms with Crippen molar-refractivity contribution in [3.8, 4) is 5.75 Å². The summed E-state index contributed by atoms with van der Waals surface area (Å²) in [5.41, 5.74) is 5.31. The summed E-state index contributed by atoms with van der Waals surface area (Å²) in [4.78, 5) is 11.3. The Morgan fingerprint density at radius 2 is 2.24 bits per heavy atom. The number of hydrogen-bond acceptors (Lipinski definition) is 3. The lowest BCUT2D eigenvalue weighted by Gasteiger charge is -2.12. The fourth-order valence-corrected chi connectivity index (χ4v) is 1.11. The summed E-state index contributed by atoms with van der Waals surface area (Å²) in [6.07, 6.45) is 0. The third-order valence-corrected chi connectivity index (χ3v) is 2.01. The molecule has 0 heterocycles. The zero-order valence-corrected chi connectivity index (χ0v) is 9.37. The molecule has 0 aliphatic heterocycles. The Hall–Kier alpha value is -1.69. The minimum absolute atomic E-state index is 0.165. The van der Waals surface area contributed by atoms with E-state index in [1.165, 1.54) is 0 Å². The normalized spacial score (nSPS) is 12.0. The van der Waals surface area contributed by atoms with Crippen LogP contribution in [0.4, 0.5) is 8.78 Å². The first kappa shape index (κ1) is 13.4. The van der Waals surface area contributed by atoms with Gasteiger partial charge in [0.2, 0.25) is 0 Å². The topological polar surface area (TPSA) is 64.3 Å². The zero-order valence-electron chi connectivity index (χ0n) is 9.37. The van der Waals surface area contributed by atoms with Crippen LogP contribution in [0.1, 0.15) is 6.92 Å². The molecule has 0 saturated heterocycles. The summed E-state index contributed by atoms with van der Waals surface area (Å²) in [5.74, 6) is -2.12. The van der Waals surface area contributed by atoms with Crippen LogP contribution < -0.4 is 15.8 Å². The van der Waals surface area contributed by atoms with E-state index in [1.807, 2.05) is 0 Å². The largest absolute Gasteiger partial charge is 0.481 e. The highest BCUT2D eigenvalue weighted by atomic mass is 19.1. The maximum Gasteiger partial charge on any atom is 0.258 e. The number of carbonyl (C=O) groups excluding carboxylic acids is 1. The number of amides is 1. The van der Waals surface area contributed by atoms with E-state index in [-0.39, 0.29) is 18.4 Å². The van der Waals surface area contributed by atoms with Crippen LogP contribution in [-0.2, 0) is 4.79 Å². The molecule has 4 nitrogen and oxygen atoms in total. The Labute approximate surface area is 97.8 Å². The molecular formula is C11H14F2N2O2. The Bertz CT molecular complexity index is 399. The molecule has 1 atom stereocenters. The second-order valence-electron chi connectivity index (χ2n) is 3.57. The first-order chi connectivity index (χ1) is 8.02. The maximum atomic E-state index is 13.1. The highest BCUT2D eigenvalue weighted by Crippen LogP contribution is 2.17. The predicted molar refractivity (Wildman–Crippen MR) is 58.5 cm³/mol. The molecule has 3 N–H and O–H groups in total. The average molecular weight is 244 g/mol. The number of rotatable bonds is 5. The number of carbonyl (C=O) groups is 1. The number of nitrogens with two attached hydrogens (primary N) is 1. The van der Waals surface area contributed by atoms with Crippen LogP contribution in [0, 0.1) is 11.6 Å². The quantitative estimate of drug-likeness (QED) is 0.805. The summed E-state index contributed by atoms with van der Waals surface area (Å²) < 4.78 is 30.6. The van der Waals surface area contributed by atoms with Crippen molar-refractivity contribution in [1.82, 2.24) is 5.32 Å². The van der Waals surface area contributed by atoms with Gasteiger partial charge in [-0.1, -0.05) is 0 Å².